The zero-order valence-electron chi connectivity index (χ0n) is 11.8. The van der Waals surface area contributed by atoms with E-state index in [1.807, 2.05) is 0 Å². The third kappa shape index (κ3) is 6.51. The third-order valence-electron chi connectivity index (χ3n) is 2.70. The fourth-order valence-corrected chi connectivity index (χ4v) is 1.68. The van der Waals surface area contributed by atoms with Crippen LogP contribution in [-0.2, 0) is 20.7 Å². The summed E-state index contributed by atoms with van der Waals surface area (Å²) in [6.07, 6.45) is 0.938. The van der Waals surface area contributed by atoms with E-state index in [4.69, 9.17) is 4.74 Å². The Bertz CT molecular complexity index is 499. The van der Waals surface area contributed by atoms with E-state index in [1.54, 1.807) is 19.1 Å². The van der Waals surface area contributed by atoms with Gasteiger partial charge in [0, 0.05) is 25.1 Å². The molecule has 21 heavy (non-hydrogen) atoms. The molecule has 0 spiro atoms. The molecule has 0 saturated heterocycles. The third-order valence-corrected chi connectivity index (χ3v) is 2.70. The molecule has 0 aliphatic rings. The van der Waals surface area contributed by atoms with E-state index in [0.717, 1.165) is 0 Å². The fourth-order valence-electron chi connectivity index (χ4n) is 1.68. The zero-order chi connectivity index (χ0) is 15.7. The molecule has 0 saturated carbocycles. The van der Waals surface area contributed by atoms with Gasteiger partial charge in [0.25, 0.3) is 5.69 Å². The number of carbonyl (C=O) groups excluding carboxylic acids is 2. The molecule has 0 atom stereocenters. The molecule has 7 heteroatoms. The van der Waals surface area contributed by atoms with Crippen LogP contribution in [0, 0.1) is 10.1 Å². The first-order valence-electron chi connectivity index (χ1n) is 6.68. The van der Waals surface area contributed by atoms with Crippen LogP contribution in [0.2, 0.25) is 0 Å². The highest BCUT2D eigenvalue weighted by Gasteiger charge is 2.07. The number of esters is 1. The highest BCUT2D eigenvalue weighted by molar-refractivity contribution is 5.78. The maximum absolute atomic E-state index is 11.6. The average molecular weight is 294 g/mol. The van der Waals surface area contributed by atoms with E-state index in [-0.39, 0.29) is 30.4 Å². The van der Waals surface area contributed by atoms with Gasteiger partial charge in [-0.3, -0.25) is 19.7 Å². The first-order valence-corrected chi connectivity index (χ1v) is 6.68. The summed E-state index contributed by atoms with van der Waals surface area (Å²) < 4.78 is 4.77. The lowest BCUT2D eigenvalue weighted by atomic mass is 10.1. The van der Waals surface area contributed by atoms with Gasteiger partial charge < -0.3 is 10.1 Å². The number of benzene rings is 1. The number of nitro benzene ring substituents is 1. The van der Waals surface area contributed by atoms with E-state index in [1.165, 1.54) is 12.1 Å². The average Bonchev–Trinajstić information content (AvgIpc) is 2.44. The molecule has 0 unspecified atom stereocenters. The molecule has 0 fully saturated rings. The van der Waals surface area contributed by atoms with Crippen molar-refractivity contribution in [3.05, 3.63) is 39.9 Å². The molecule has 0 heterocycles. The van der Waals surface area contributed by atoms with Crippen molar-refractivity contribution in [2.24, 2.45) is 0 Å². The van der Waals surface area contributed by atoms with Gasteiger partial charge in [0.05, 0.1) is 18.0 Å². The summed E-state index contributed by atoms with van der Waals surface area (Å²) in [5, 5.41) is 13.2. The minimum absolute atomic E-state index is 0.00593. The fraction of sp³-hybridized carbons (Fsp3) is 0.429. The first kappa shape index (κ1) is 16.6. The summed E-state index contributed by atoms with van der Waals surface area (Å²) in [4.78, 5) is 32.7. The number of amides is 1. The highest BCUT2D eigenvalue weighted by Crippen LogP contribution is 2.12. The molecule has 0 radical (unpaired) electrons. The SMILES string of the molecule is CCOC(=O)CCCNC(=O)Cc1ccc([N+](=O)[O-])cc1. The predicted molar refractivity (Wildman–Crippen MR) is 75.7 cm³/mol. The number of ether oxygens (including phenoxy) is 1. The lowest BCUT2D eigenvalue weighted by molar-refractivity contribution is -0.384. The molecule has 0 bridgehead atoms. The molecule has 1 rings (SSSR count). The number of rotatable bonds is 8. The Morgan fingerprint density at radius 2 is 1.95 bits per heavy atom. The lowest BCUT2D eigenvalue weighted by Crippen LogP contribution is -2.26. The van der Waals surface area contributed by atoms with Crippen molar-refractivity contribution in [1.82, 2.24) is 5.32 Å². The second-order valence-corrected chi connectivity index (χ2v) is 4.36. The van der Waals surface area contributed by atoms with E-state index in [9.17, 15) is 19.7 Å². The van der Waals surface area contributed by atoms with Crippen molar-refractivity contribution in [3.8, 4) is 0 Å². The van der Waals surface area contributed by atoms with Crippen LogP contribution in [0.4, 0.5) is 5.69 Å². The summed E-state index contributed by atoms with van der Waals surface area (Å²) in [6.45, 7) is 2.49. The summed E-state index contributed by atoms with van der Waals surface area (Å²) in [5.74, 6) is -0.463. The van der Waals surface area contributed by atoms with Crippen molar-refractivity contribution >= 4 is 17.6 Å². The summed E-state index contributed by atoms with van der Waals surface area (Å²) in [5.41, 5.74) is 0.692. The van der Waals surface area contributed by atoms with Gasteiger partial charge in [-0.1, -0.05) is 12.1 Å². The molecule has 1 N–H and O–H groups in total. The molecule has 0 aliphatic heterocycles. The quantitative estimate of drug-likeness (QED) is 0.340. The van der Waals surface area contributed by atoms with Gasteiger partial charge in [-0.05, 0) is 18.9 Å². The van der Waals surface area contributed by atoms with Crippen molar-refractivity contribution in [1.29, 1.82) is 0 Å². The van der Waals surface area contributed by atoms with Crippen molar-refractivity contribution in [2.75, 3.05) is 13.2 Å². The van der Waals surface area contributed by atoms with Gasteiger partial charge in [0.1, 0.15) is 0 Å². The Balaban J connectivity index is 2.27. The normalized spacial score (nSPS) is 9.95. The van der Waals surface area contributed by atoms with Crippen LogP contribution in [-0.4, -0.2) is 30.0 Å². The molecular weight excluding hydrogens is 276 g/mol. The highest BCUT2D eigenvalue weighted by atomic mass is 16.6. The van der Waals surface area contributed by atoms with Crippen LogP contribution in [0.15, 0.2) is 24.3 Å². The maximum atomic E-state index is 11.6. The van der Waals surface area contributed by atoms with E-state index in [0.29, 0.717) is 25.1 Å². The van der Waals surface area contributed by atoms with Crippen LogP contribution in [0.1, 0.15) is 25.3 Å². The van der Waals surface area contributed by atoms with Crippen molar-refractivity contribution < 1.29 is 19.2 Å². The van der Waals surface area contributed by atoms with Crippen LogP contribution in [0.5, 0.6) is 0 Å². The number of nitro groups is 1. The number of nitrogens with zero attached hydrogens (tertiary/aromatic N) is 1. The minimum atomic E-state index is -0.487. The Hall–Kier alpha value is -2.44. The Labute approximate surface area is 122 Å². The van der Waals surface area contributed by atoms with E-state index >= 15 is 0 Å². The summed E-state index contributed by atoms with van der Waals surface area (Å²) >= 11 is 0. The standard InChI is InChI=1S/C14H18N2O5/c1-2-21-14(18)4-3-9-15-13(17)10-11-5-7-12(8-6-11)16(19)20/h5-8H,2-4,9-10H2,1H3,(H,15,17). The van der Waals surface area contributed by atoms with Gasteiger partial charge in [-0.2, -0.15) is 0 Å². The van der Waals surface area contributed by atoms with Crippen LogP contribution >= 0.6 is 0 Å². The van der Waals surface area contributed by atoms with E-state index < -0.39 is 4.92 Å². The molecule has 7 nitrogen and oxygen atoms in total. The maximum Gasteiger partial charge on any atom is 0.305 e. The largest absolute Gasteiger partial charge is 0.466 e. The topological polar surface area (TPSA) is 98.5 Å². The molecule has 1 amide bonds. The van der Waals surface area contributed by atoms with Gasteiger partial charge in [0.2, 0.25) is 5.91 Å². The van der Waals surface area contributed by atoms with Crippen molar-refractivity contribution in [2.45, 2.75) is 26.2 Å². The van der Waals surface area contributed by atoms with Crippen LogP contribution in [0.3, 0.4) is 0 Å². The van der Waals surface area contributed by atoms with Gasteiger partial charge in [-0.15, -0.1) is 0 Å². The Morgan fingerprint density at radius 1 is 1.29 bits per heavy atom. The van der Waals surface area contributed by atoms with Gasteiger partial charge >= 0.3 is 5.97 Å². The van der Waals surface area contributed by atoms with Crippen LogP contribution < -0.4 is 5.32 Å². The molecule has 0 aromatic heterocycles. The second-order valence-electron chi connectivity index (χ2n) is 4.36. The van der Waals surface area contributed by atoms with Gasteiger partial charge in [0.15, 0.2) is 0 Å². The number of hydrogen-bond donors (Lipinski definition) is 1. The summed E-state index contributed by atoms with van der Waals surface area (Å²) in [6, 6.07) is 5.83. The molecule has 1 aromatic carbocycles. The van der Waals surface area contributed by atoms with Gasteiger partial charge in [-0.25, -0.2) is 0 Å². The number of hydrogen-bond acceptors (Lipinski definition) is 5. The minimum Gasteiger partial charge on any atom is -0.466 e. The first-order chi connectivity index (χ1) is 10.0. The molecule has 0 aliphatic carbocycles. The smallest absolute Gasteiger partial charge is 0.305 e. The second kappa shape index (κ2) is 8.68. The lowest BCUT2D eigenvalue weighted by Gasteiger charge is -2.05. The predicted octanol–water partition coefficient (Wildman–Crippen LogP) is 1.60. The van der Waals surface area contributed by atoms with Crippen molar-refractivity contribution in [3.63, 3.8) is 0 Å². The van der Waals surface area contributed by atoms with E-state index in [2.05, 4.69) is 5.32 Å². The number of nitrogens with one attached hydrogen (secondary N) is 1. The Morgan fingerprint density at radius 3 is 2.52 bits per heavy atom. The summed E-state index contributed by atoms with van der Waals surface area (Å²) in [7, 11) is 0. The monoisotopic (exact) mass is 294 g/mol. The number of non-ortho nitro benzene ring substituents is 1. The van der Waals surface area contributed by atoms with Crippen LogP contribution in [0.25, 0.3) is 0 Å². The molecule has 1 aromatic rings. The zero-order valence-corrected chi connectivity index (χ0v) is 11.8. The Kier molecular flexibility index (Phi) is 6.86. The molecular formula is C14H18N2O5. The number of carbonyl (C=O) groups is 2. The molecule has 114 valence electrons.